The largest absolute Gasteiger partial charge is 0.495 e. The maximum absolute atomic E-state index is 13.0. The van der Waals surface area contributed by atoms with E-state index in [-0.39, 0.29) is 14.9 Å². The number of sulfonamides is 1. The lowest BCUT2D eigenvalue weighted by Gasteiger charge is -2.33. The van der Waals surface area contributed by atoms with Crippen LogP contribution in [0.2, 0.25) is 10.0 Å². The van der Waals surface area contributed by atoms with Gasteiger partial charge in [0, 0.05) is 38.8 Å². The minimum absolute atomic E-state index is 0.0115. The van der Waals surface area contributed by atoms with Crippen molar-refractivity contribution in [2.75, 3.05) is 39.8 Å². The van der Waals surface area contributed by atoms with E-state index >= 15 is 0 Å². The molecule has 0 unspecified atom stereocenters. The lowest BCUT2D eigenvalue weighted by atomic mass is 10.2. The van der Waals surface area contributed by atoms with E-state index in [9.17, 15) is 8.42 Å². The van der Waals surface area contributed by atoms with Crippen molar-refractivity contribution in [3.05, 3.63) is 64.1 Å². The SMILES string of the molecule is COc1cc(Cl)c(S(=O)(=O)N2CCN(C/C=C/c3ccccc3)CC2)cc1Cl. The standard InChI is InChI=1S/C20H22Cl2N2O3S/c1-27-19-14-18(22)20(15-17(19)21)28(25,26)24-12-10-23(11-13-24)9-5-8-16-6-3-2-4-7-16/h2-8,14-15H,9-13H2,1H3/b8-5+. The maximum atomic E-state index is 13.0. The van der Waals surface area contributed by atoms with Crippen LogP contribution in [-0.4, -0.2) is 57.5 Å². The molecule has 28 heavy (non-hydrogen) atoms. The minimum atomic E-state index is -3.71. The van der Waals surface area contributed by atoms with Crippen LogP contribution in [0.1, 0.15) is 5.56 Å². The van der Waals surface area contributed by atoms with Crippen molar-refractivity contribution in [3.8, 4) is 5.75 Å². The zero-order valence-electron chi connectivity index (χ0n) is 15.5. The van der Waals surface area contributed by atoms with E-state index in [0.29, 0.717) is 31.9 Å². The highest BCUT2D eigenvalue weighted by Gasteiger charge is 2.30. The van der Waals surface area contributed by atoms with Gasteiger partial charge >= 0.3 is 0 Å². The number of methoxy groups -OCH3 is 1. The van der Waals surface area contributed by atoms with Crippen LogP contribution < -0.4 is 4.74 Å². The first-order valence-electron chi connectivity index (χ1n) is 8.89. The Labute approximate surface area is 176 Å². The molecule has 0 aliphatic carbocycles. The first-order valence-corrected chi connectivity index (χ1v) is 11.1. The molecule has 8 heteroatoms. The molecule has 2 aromatic carbocycles. The Morgan fingerprint density at radius 2 is 1.71 bits per heavy atom. The summed E-state index contributed by atoms with van der Waals surface area (Å²) < 4.78 is 32.5. The van der Waals surface area contributed by atoms with Gasteiger partial charge < -0.3 is 4.74 Å². The van der Waals surface area contributed by atoms with E-state index in [4.69, 9.17) is 27.9 Å². The molecule has 0 amide bonds. The Hall–Kier alpha value is -1.57. The molecular formula is C20H22Cl2N2O3S. The first-order chi connectivity index (χ1) is 13.4. The van der Waals surface area contributed by atoms with E-state index < -0.39 is 10.0 Å². The molecule has 1 heterocycles. The maximum Gasteiger partial charge on any atom is 0.244 e. The summed E-state index contributed by atoms with van der Waals surface area (Å²) in [6.45, 7) is 2.89. The Bertz CT molecular complexity index is 941. The summed E-state index contributed by atoms with van der Waals surface area (Å²) in [4.78, 5) is 2.23. The zero-order valence-corrected chi connectivity index (χ0v) is 17.8. The summed E-state index contributed by atoms with van der Waals surface area (Å²) in [5.74, 6) is 0.348. The van der Waals surface area contributed by atoms with E-state index in [1.54, 1.807) is 0 Å². The second-order valence-electron chi connectivity index (χ2n) is 6.43. The second kappa shape index (κ2) is 9.29. The van der Waals surface area contributed by atoms with Crippen LogP contribution in [-0.2, 0) is 10.0 Å². The van der Waals surface area contributed by atoms with Crippen molar-refractivity contribution < 1.29 is 13.2 Å². The summed E-state index contributed by atoms with van der Waals surface area (Å²) in [5.41, 5.74) is 1.15. The van der Waals surface area contributed by atoms with Gasteiger partial charge in [0.05, 0.1) is 17.2 Å². The summed E-state index contributed by atoms with van der Waals surface area (Å²) in [7, 11) is -2.25. The van der Waals surface area contributed by atoms with Gasteiger partial charge in [0.1, 0.15) is 10.6 Å². The van der Waals surface area contributed by atoms with Gasteiger partial charge in [-0.3, -0.25) is 4.90 Å². The molecular weight excluding hydrogens is 419 g/mol. The van der Waals surface area contributed by atoms with Crippen LogP contribution in [0, 0.1) is 0 Å². The highest BCUT2D eigenvalue weighted by atomic mass is 35.5. The molecule has 0 spiro atoms. The van der Waals surface area contributed by atoms with Gasteiger partial charge in [-0.2, -0.15) is 4.31 Å². The highest BCUT2D eigenvalue weighted by molar-refractivity contribution is 7.89. The fraction of sp³-hybridized carbons (Fsp3) is 0.300. The molecule has 1 fully saturated rings. The van der Waals surface area contributed by atoms with Gasteiger partial charge in [-0.1, -0.05) is 65.7 Å². The zero-order chi connectivity index (χ0) is 20.1. The van der Waals surface area contributed by atoms with Gasteiger partial charge in [-0.25, -0.2) is 8.42 Å². The number of halogens is 2. The van der Waals surface area contributed by atoms with Crippen LogP contribution in [0.3, 0.4) is 0 Å². The van der Waals surface area contributed by atoms with Crippen LogP contribution in [0.5, 0.6) is 5.75 Å². The number of rotatable bonds is 6. The molecule has 150 valence electrons. The normalized spacial score (nSPS) is 16.5. The van der Waals surface area contributed by atoms with Crippen molar-refractivity contribution in [1.29, 1.82) is 0 Å². The van der Waals surface area contributed by atoms with Gasteiger partial charge in [0.2, 0.25) is 10.0 Å². The van der Waals surface area contributed by atoms with E-state index in [2.05, 4.69) is 17.1 Å². The third-order valence-electron chi connectivity index (χ3n) is 4.63. The van der Waals surface area contributed by atoms with Crippen LogP contribution in [0.15, 0.2) is 53.4 Å². The molecule has 0 radical (unpaired) electrons. The summed E-state index contributed by atoms with van der Waals surface area (Å²) in [5, 5.41) is 0.324. The molecule has 1 saturated heterocycles. The number of piperazine rings is 1. The first kappa shape index (κ1) is 21.1. The van der Waals surface area contributed by atoms with Crippen molar-refractivity contribution in [3.63, 3.8) is 0 Å². The molecule has 1 aliphatic rings. The lowest BCUT2D eigenvalue weighted by Crippen LogP contribution is -2.48. The Balaban J connectivity index is 1.62. The van der Waals surface area contributed by atoms with Gasteiger partial charge in [0.15, 0.2) is 0 Å². The monoisotopic (exact) mass is 440 g/mol. The molecule has 0 bridgehead atoms. The van der Waals surface area contributed by atoms with Gasteiger partial charge in [-0.05, 0) is 11.6 Å². The minimum Gasteiger partial charge on any atom is -0.495 e. The molecule has 1 aliphatic heterocycles. The predicted molar refractivity (Wildman–Crippen MR) is 114 cm³/mol. The number of hydrogen-bond donors (Lipinski definition) is 0. The van der Waals surface area contributed by atoms with Gasteiger partial charge in [0.25, 0.3) is 0 Å². The highest BCUT2D eigenvalue weighted by Crippen LogP contribution is 2.34. The Morgan fingerprint density at radius 3 is 2.36 bits per heavy atom. The average Bonchev–Trinajstić information content (AvgIpc) is 2.70. The third-order valence-corrected chi connectivity index (χ3v) is 7.29. The van der Waals surface area contributed by atoms with Gasteiger partial charge in [-0.15, -0.1) is 0 Å². The Kier molecular flexibility index (Phi) is 7.01. The number of benzene rings is 2. The van der Waals surface area contributed by atoms with Crippen molar-refractivity contribution in [2.45, 2.75) is 4.90 Å². The van der Waals surface area contributed by atoms with E-state index in [1.807, 2.05) is 30.3 Å². The molecule has 3 rings (SSSR count). The number of hydrogen-bond acceptors (Lipinski definition) is 4. The average molecular weight is 441 g/mol. The fourth-order valence-electron chi connectivity index (χ4n) is 3.06. The summed E-state index contributed by atoms with van der Waals surface area (Å²) in [6, 6.07) is 12.9. The van der Waals surface area contributed by atoms with E-state index in [0.717, 1.165) is 12.1 Å². The summed E-state index contributed by atoms with van der Waals surface area (Å²) >= 11 is 12.3. The number of nitrogens with zero attached hydrogens (tertiary/aromatic N) is 2. The fourth-order valence-corrected chi connectivity index (χ4v) is 5.30. The van der Waals surface area contributed by atoms with Crippen molar-refractivity contribution in [2.24, 2.45) is 0 Å². The van der Waals surface area contributed by atoms with Crippen LogP contribution >= 0.6 is 23.2 Å². The van der Waals surface area contributed by atoms with Crippen molar-refractivity contribution in [1.82, 2.24) is 9.21 Å². The van der Waals surface area contributed by atoms with Crippen LogP contribution in [0.25, 0.3) is 6.08 Å². The Morgan fingerprint density at radius 1 is 1.04 bits per heavy atom. The van der Waals surface area contributed by atoms with Crippen molar-refractivity contribution >= 4 is 39.3 Å². The lowest BCUT2D eigenvalue weighted by molar-refractivity contribution is 0.204. The smallest absolute Gasteiger partial charge is 0.244 e. The topological polar surface area (TPSA) is 49.9 Å². The molecule has 0 saturated carbocycles. The molecule has 0 N–H and O–H groups in total. The molecule has 0 atom stereocenters. The molecule has 5 nitrogen and oxygen atoms in total. The van der Waals surface area contributed by atoms with Crippen LogP contribution in [0.4, 0.5) is 0 Å². The predicted octanol–water partition coefficient (Wildman–Crippen LogP) is 4.02. The molecule has 2 aromatic rings. The quantitative estimate of drug-likeness (QED) is 0.680. The molecule has 0 aromatic heterocycles. The van der Waals surface area contributed by atoms with E-state index in [1.165, 1.54) is 23.5 Å². The third kappa shape index (κ3) is 4.88. The summed E-state index contributed by atoms with van der Waals surface area (Å²) in [6.07, 6.45) is 4.17. The second-order valence-corrected chi connectivity index (χ2v) is 9.16. The number of ether oxygens (including phenoxy) is 1.